The second kappa shape index (κ2) is 12.2. The van der Waals surface area contributed by atoms with Gasteiger partial charge < -0.3 is 24.8 Å². The van der Waals surface area contributed by atoms with E-state index in [0.29, 0.717) is 10.0 Å². The molecule has 3 rings (SSSR count). The minimum atomic E-state index is -4.67. The smallest absolute Gasteiger partial charge is 0.416 e. The lowest BCUT2D eigenvalue weighted by molar-refractivity contribution is -0.162. The molecule has 0 amide bonds. The van der Waals surface area contributed by atoms with Crippen molar-refractivity contribution in [1.29, 1.82) is 0 Å². The molecule has 1 aliphatic rings. The van der Waals surface area contributed by atoms with E-state index in [0.717, 1.165) is 19.2 Å². The van der Waals surface area contributed by atoms with E-state index in [-0.39, 0.29) is 28.4 Å². The number of nitrogens with two attached hydrogens (primary N) is 1. The quantitative estimate of drug-likeness (QED) is 0.314. The molecule has 12 heteroatoms. The number of esters is 3. The highest BCUT2D eigenvalue weighted by molar-refractivity contribution is 9.10. The highest BCUT2D eigenvalue weighted by Crippen LogP contribution is 2.44. The predicted molar refractivity (Wildman–Crippen MR) is 144 cm³/mol. The molecule has 2 aromatic rings. The molecule has 0 aromatic heterocycles. The zero-order valence-electron chi connectivity index (χ0n) is 22.3. The number of rotatable bonds is 7. The summed E-state index contributed by atoms with van der Waals surface area (Å²) in [6.45, 7) is 6.00. The van der Waals surface area contributed by atoms with Crippen LogP contribution in [-0.2, 0) is 34.8 Å². The fourth-order valence-electron chi connectivity index (χ4n) is 4.27. The van der Waals surface area contributed by atoms with Crippen LogP contribution >= 0.6 is 15.9 Å². The number of hydrogen-bond donors (Lipinski definition) is 1. The van der Waals surface area contributed by atoms with E-state index in [1.807, 2.05) is 0 Å². The molecule has 0 aliphatic carbocycles. The zero-order valence-corrected chi connectivity index (χ0v) is 23.9. The Labute approximate surface area is 237 Å². The SMILES string of the molecule is COC(=O)[C@H](C)OC(=O)C1=C(C)N(c2cccc(C(F)(F)F)c2)C(N)=C(C(=O)OC(C)C)C1c1ccc(Br)cc1. The van der Waals surface area contributed by atoms with Gasteiger partial charge in [0.05, 0.1) is 35.8 Å². The number of nitrogens with zero attached hydrogens (tertiary/aromatic N) is 1. The number of allylic oxidation sites excluding steroid dienone is 1. The molecule has 1 heterocycles. The van der Waals surface area contributed by atoms with Gasteiger partial charge in [-0.3, -0.25) is 0 Å². The summed E-state index contributed by atoms with van der Waals surface area (Å²) >= 11 is 3.35. The molecule has 1 unspecified atom stereocenters. The first-order valence-corrected chi connectivity index (χ1v) is 12.9. The van der Waals surface area contributed by atoms with E-state index in [9.17, 15) is 27.6 Å². The molecule has 214 valence electrons. The fraction of sp³-hybridized carbons (Fsp3) is 0.321. The van der Waals surface area contributed by atoms with E-state index >= 15 is 0 Å². The van der Waals surface area contributed by atoms with Gasteiger partial charge in [-0.05, 0) is 63.6 Å². The Morgan fingerprint density at radius 2 is 1.57 bits per heavy atom. The van der Waals surface area contributed by atoms with Crippen LogP contribution in [0, 0.1) is 0 Å². The van der Waals surface area contributed by atoms with Crippen molar-refractivity contribution in [3.63, 3.8) is 0 Å². The van der Waals surface area contributed by atoms with Crippen LogP contribution in [0.2, 0.25) is 0 Å². The van der Waals surface area contributed by atoms with Crippen LogP contribution in [0.4, 0.5) is 18.9 Å². The van der Waals surface area contributed by atoms with Gasteiger partial charge in [-0.1, -0.05) is 34.1 Å². The van der Waals surface area contributed by atoms with Crippen LogP contribution in [0.15, 0.2) is 75.7 Å². The highest BCUT2D eigenvalue weighted by Gasteiger charge is 2.43. The largest absolute Gasteiger partial charge is 0.466 e. The lowest BCUT2D eigenvalue weighted by atomic mass is 9.80. The standard InChI is InChI=1S/C28H28BrF3N2O6/c1-14(2)39-27(37)23-22(17-9-11-19(29)12-10-17)21(26(36)40-16(4)25(35)38-5)15(3)34(24(23)33)20-8-6-7-18(13-20)28(30,31)32/h6-14,16,22H,33H2,1-5H3/t16-,22?/m0/s1. The molecule has 0 spiro atoms. The minimum absolute atomic E-state index is 0.0553. The Hall–Kier alpha value is -3.80. The number of benzene rings is 2. The van der Waals surface area contributed by atoms with Crippen molar-refractivity contribution in [1.82, 2.24) is 0 Å². The van der Waals surface area contributed by atoms with Crippen LogP contribution in [0.5, 0.6) is 0 Å². The molecule has 2 aromatic carbocycles. The van der Waals surface area contributed by atoms with Gasteiger partial charge in [0.2, 0.25) is 0 Å². The average Bonchev–Trinajstić information content (AvgIpc) is 2.87. The number of hydrogen-bond acceptors (Lipinski definition) is 8. The summed E-state index contributed by atoms with van der Waals surface area (Å²) in [4.78, 5) is 40.4. The molecule has 40 heavy (non-hydrogen) atoms. The van der Waals surface area contributed by atoms with Crippen LogP contribution in [0.3, 0.4) is 0 Å². The van der Waals surface area contributed by atoms with Crippen molar-refractivity contribution in [2.45, 2.75) is 52.0 Å². The van der Waals surface area contributed by atoms with E-state index in [4.69, 9.17) is 15.2 Å². The molecule has 0 saturated carbocycles. The predicted octanol–water partition coefficient (Wildman–Crippen LogP) is 5.57. The second-order valence-corrected chi connectivity index (χ2v) is 10.1. The summed E-state index contributed by atoms with van der Waals surface area (Å²) in [6, 6.07) is 10.9. The van der Waals surface area contributed by atoms with Gasteiger partial charge >= 0.3 is 24.1 Å². The topological polar surface area (TPSA) is 108 Å². The molecule has 2 atom stereocenters. The number of ether oxygens (including phenoxy) is 3. The third-order valence-electron chi connectivity index (χ3n) is 6.05. The summed E-state index contributed by atoms with van der Waals surface area (Å²) < 4.78 is 57.0. The van der Waals surface area contributed by atoms with Gasteiger partial charge in [-0.25, -0.2) is 14.4 Å². The van der Waals surface area contributed by atoms with Crippen molar-refractivity contribution in [2.75, 3.05) is 12.0 Å². The van der Waals surface area contributed by atoms with Crippen molar-refractivity contribution >= 4 is 39.5 Å². The molecule has 0 bridgehead atoms. The monoisotopic (exact) mass is 624 g/mol. The lowest BCUT2D eigenvalue weighted by Gasteiger charge is -2.37. The van der Waals surface area contributed by atoms with Crippen molar-refractivity contribution in [3.05, 3.63) is 86.8 Å². The molecular formula is C28H28BrF3N2O6. The number of halogens is 4. The molecule has 0 saturated heterocycles. The van der Waals surface area contributed by atoms with Gasteiger partial charge in [-0.15, -0.1) is 0 Å². The molecule has 0 radical (unpaired) electrons. The Bertz CT molecular complexity index is 1370. The Balaban J connectivity index is 2.34. The maximum Gasteiger partial charge on any atom is 0.416 e. The van der Waals surface area contributed by atoms with E-state index in [1.165, 1.54) is 30.9 Å². The fourth-order valence-corrected chi connectivity index (χ4v) is 4.53. The number of carbonyl (C=O) groups excluding carboxylic acids is 3. The number of alkyl halides is 3. The van der Waals surface area contributed by atoms with Crippen LogP contribution < -0.4 is 10.6 Å². The summed E-state index contributed by atoms with van der Waals surface area (Å²) in [7, 11) is 1.13. The van der Waals surface area contributed by atoms with Crippen LogP contribution in [-0.4, -0.2) is 37.2 Å². The minimum Gasteiger partial charge on any atom is -0.466 e. The Morgan fingerprint density at radius 3 is 2.12 bits per heavy atom. The van der Waals surface area contributed by atoms with E-state index in [2.05, 4.69) is 20.7 Å². The van der Waals surface area contributed by atoms with Crippen molar-refractivity contribution in [3.8, 4) is 0 Å². The molecule has 0 fully saturated rings. The van der Waals surface area contributed by atoms with Gasteiger partial charge in [0.1, 0.15) is 5.82 Å². The number of carbonyl (C=O) groups is 3. The van der Waals surface area contributed by atoms with Crippen molar-refractivity contribution < 1.29 is 41.8 Å². The second-order valence-electron chi connectivity index (χ2n) is 9.19. The number of methoxy groups -OCH3 is 1. The summed E-state index contributed by atoms with van der Waals surface area (Å²) in [5.74, 6) is -4.07. The molecule has 2 N–H and O–H groups in total. The lowest BCUT2D eigenvalue weighted by Crippen LogP contribution is -2.40. The van der Waals surface area contributed by atoms with E-state index in [1.54, 1.807) is 38.1 Å². The van der Waals surface area contributed by atoms with Gasteiger partial charge in [0, 0.05) is 15.9 Å². The summed E-state index contributed by atoms with van der Waals surface area (Å²) in [6.07, 6.45) is -6.57. The first kappa shape index (κ1) is 30.7. The Kier molecular flexibility index (Phi) is 9.34. The van der Waals surface area contributed by atoms with Crippen molar-refractivity contribution in [2.24, 2.45) is 5.73 Å². The third kappa shape index (κ3) is 6.49. The van der Waals surface area contributed by atoms with Crippen LogP contribution in [0.1, 0.15) is 44.7 Å². The normalized spacial score (nSPS) is 16.6. The van der Waals surface area contributed by atoms with E-state index < -0.39 is 47.8 Å². The maximum atomic E-state index is 13.7. The molecular weight excluding hydrogens is 597 g/mol. The molecule has 1 aliphatic heterocycles. The van der Waals surface area contributed by atoms with Gasteiger partial charge in [0.25, 0.3) is 0 Å². The number of anilines is 1. The first-order chi connectivity index (χ1) is 18.7. The summed E-state index contributed by atoms with van der Waals surface area (Å²) in [5, 5.41) is 0. The van der Waals surface area contributed by atoms with Crippen LogP contribution in [0.25, 0.3) is 0 Å². The highest BCUT2D eigenvalue weighted by atomic mass is 79.9. The first-order valence-electron chi connectivity index (χ1n) is 12.1. The average molecular weight is 625 g/mol. The summed E-state index contributed by atoms with van der Waals surface area (Å²) in [5.41, 5.74) is 5.74. The zero-order chi connectivity index (χ0) is 29.9. The van der Waals surface area contributed by atoms with Gasteiger partial charge in [-0.2, -0.15) is 13.2 Å². The van der Waals surface area contributed by atoms with Gasteiger partial charge in [0.15, 0.2) is 6.10 Å². The third-order valence-corrected chi connectivity index (χ3v) is 6.58. The maximum absolute atomic E-state index is 13.7. The Morgan fingerprint density at radius 1 is 0.975 bits per heavy atom. The molecule has 8 nitrogen and oxygen atoms in total.